The van der Waals surface area contributed by atoms with Crippen LogP contribution in [0, 0.1) is 64.6 Å². The van der Waals surface area contributed by atoms with E-state index in [1.807, 2.05) is 5.57 Å². The second-order valence-electron chi connectivity index (χ2n) is 19.8. The Balaban J connectivity index is 0.947. The molecule has 284 valence electrons. The number of hydrogen-bond acceptors (Lipinski definition) is 2. The summed E-state index contributed by atoms with van der Waals surface area (Å²) in [4.78, 5) is 5.54. The third-order valence-corrected chi connectivity index (χ3v) is 17.5. The van der Waals surface area contributed by atoms with E-state index in [-0.39, 0.29) is 11.6 Å². The van der Waals surface area contributed by atoms with Crippen molar-refractivity contribution in [1.82, 2.24) is 5.32 Å². The molecule has 0 aromatic carbocycles. The molecule has 11 unspecified atom stereocenters. The van der Waals surface area contributed by atoms with Gasteiger partial charge >= 0.3 is 0 Å². The van der Waals surface area contributed by atoms with Gasteiger partial charge in [0.25, 0.3) is 0 Å². The smallest absolute Gasteiger partial charge is 0.125 e. The van der Waals surface area contributed by atoms with E-state index in [0.717, 1.165) is 18.3 Å². The number of fused-ring (bicyclic) bond motifs is 13. The van der Waals surface area contributed by atoms with Crippen LogP contribution in [0.3, 0.4) is 0 Å². The minimum Gasteiger partial charge on any atom is -0.366 e. The van der Waals surface area contributed by atoms with E-state index in [4.69, 9.17) is 4.99 Å². The van der Waals surface area contributed by atoms with Crippen molar-refractivity contribution in [3.05, 3.63) is 130 Å². The van der Waals surface area contributed by atoms with E-state index < -0.39 is 0 Å². The van der Waals surface area contributed by atoms with Crippen LogP contribution >= 0.6 is 0 Å². The fraction of sp³-hybridized carbons (Fsp3) is 0.566. The summed E-state index contributed by atoms with van der Waals surface area (Å²) in [5, 5.41) is 4.13. The number of nitrogens with one attached hydrogen (secondary N) is 1. The van der Waals surface area contributed by atoms with Gasteiger partial charge in [0.1, 0.15) is 6.17 Å². The molecule has 3 saturated carbocycles. The Labute approximate surface area is 331 Å². The molecule has 0 radical (unpaired) electrons. The van der Waals surface area contributed by atoms with Crippen molar-refractivity contribution in [2.45, 2.75) is 122 Å². The van der Waals surface area contributed by atoms with Crippen LogP contribution in [0.4, 0.5) is 0 Å². The van der Waals surface area contributed by atoms with Crippen LogP contribution in [0.15, 0.2) is 135 Å². The minimum absolute atomic E-state index is 0.116. The summed E-state index contributed by atoms with van der Waals surface area (Å²) >= 11 is 0. The van der Waals surface area contributed by atoms with Crippen LogP contribution < -0.4 is 5.32 Å². The lowest BCUT2D eigenvalue weighted by atomic mass is 9.53. The molecule has 1 heterocycles. The lowest BCUT2D eigenvalue weighted by molar-refractivity contribution is 0.158. The van der Waals surface area contributed by atoms with E-state index in [0.29, 0.717) is 47.3 Å². The zero-order valence-electron chi connectivity index (χ0n) is 33.1. The molecule has 0 bridgehead atoms. The van der Waals surface area contributed by atoms with Gasteiger partial charge in [-0.3, -0.25) is 4.99 Å². The SMILES string of the molecule is C1=CC2C3=C(CC4C(=C3)C3C=CCCC3C43C4=C(CCC=C4)C4=C3C=CC(C3=CC(C5CCCCC5)=NC(C5C=CCCC5)N3)C4)C3CCCCC3C2C=C1. The van der Waals surface area contributed by atoms with Gasteiger partial charge in [0.15, 0.2) is 0 Å². The van der Waals surface area contributed by atoms with Gasteiger partial charge in [-0.25, -0.2) is 0 Å². The molecule has 12 aliphatic rings. The molecule has 0 aromatic heterocycles. The molecule has 0 aromatic rings. The fourth-order valence-electron chi connectivity index (χ4n) is 15.2. The quantitative estimate of drug-likeness (QED) is 0.288. The molecule has 0 amide bonds. The minimum atomic E-state index is 0.116. The van der Waals surface area contributed by atoms with Gasteiger partial charge in [0.2, 0.25) is 0 Å². The van der Waals surface area contributed by atoms with Crippen molar-refractivity contribution in [1.29, 1.82) is 0 Å². The van der Waals surface area contributed by atoms with E-state index in [1.54, 1.807) is 33.4 Å². The van der Waals surface area contributed by atoms with E-state index >= 15 is 0 Å². The third kappa shape index (κ3) is 5.07. The maximum atomic E-state index is 5.54. The highest BCUT2D eigenvalue weighted by Gasteiger charge is 2.64. The zero-order chi connectivity index (χ0) is 36.1. The number of aliphatic imine (C=N–C) groups is 1. The van der Waals surface area contributed by atoms with Crippen LogP contribution in [0.5, 0.6) is 0 Å². The lowest BCUT2D eigenvalue weighted by Crippen LogP contribution is -2.42. The Bertz CT molecular complexity index is 2020. The van der Waals surface area contributed by atoms with E-state index in [2.05, 4.69) is 90.4 Å². The monoisotopic (exact) mass is 726 g/mol. The van der Waals surface area contributed by atoms with Crippen molar-refractivity contribution >= 4 is 5.71 Å². The molecular weight excluding hydrogens is 665 g/mol. The second kappa shape index (κ2) is 13.3. The first-order valence-corrected chi connectivity index (χ1v) is 23.3. The van der Waals surface area contributed by atoms with E-state index in [1.165, 1.54) is 121 Å². The number of rotatable bonds is 3. The standard InChI is InChI=1S/C53H62N2/c1-3-15-33(16-4-1)50-32-51(55-52(54-50)34-17-5-2-6-18-34)35-27-28-48-44(29-35)40-23-11-13-25-46(40)53(48)47-26-14-12-24-41(47)45-30-42-38-21-9-7-19-36(38)37-20-8-10-22-39(37)43(42)31-49(45)53/h5,7,9,12-13,17,19,21,24-25,27-28,30,32-39,41,47,49,52,55H,1-4,6,8,10-11,14-16,18,20,22-23,26,29,31H2. The Hall–Kier alpha value is -3.39. The van der Waals surface area contributed by atoms with Gasteiger partial charge in [-0.1, -0.05) is 122 Å². The van der Waals surface area contributed by atoms with Crippen LogP contribution in [0.2, 0.25) is 0 Å². The van der Waals surface area contributed by atoms with Crippen molar-refractivity contribution in [3.8, 4) is 0 Å². The van der Waals surface area contributed by atoms with Gasteiger partial charge < -0.3 is 5.32 Å². The van der Waals surface area contributed by atoms with Crippen molar-refractivity contribution < 1.29 is 0 Å². The lowest BCUT2D eigenvalue weighted by Gasteiger charge is -2.50. The highest BCUT2D eigenvalue weighted by Crippen LogP contribution is 2.73. The average molecular weight is 727 g/mol. The number of nitrogens with zero attached hydrogens (tertiary/aromatic N) is 1. The molecule has 0 saturated heterocycles. The molecule has 11 atom stereocenters. The van der Waals surface area contributed by atoms with E-state index in [9.17, 15) is 0 Å². The molecular formula is C53H62N2. The van der Waals surface area contributed by atoms with Gasteiger partial charge in [0, 0.05) is 46.4 Å². The fourth-order valence-corrected chi connectivity index (χ4v) is 15.2. The first-order chi connectivity index (χ1) is 27.3. The van der Waals surface area contributed by atoms with Crippen molar-refractivity contribution in [2.75, 3.05) is 0 Å². The summed E-state index contributed by atoms with van der Waals surface area (Å²) in [6, 6.07) is 0. The van der Waals surface area contributed by atoms with Crippen molar-refractivity contribution in [2.24, 2.45) is 69.6 Å². The Morgan fingerprint density at radius 1 is 0.673 bits per heavy atom. The van der Waals surface area contributed by atoms with Crippen LogP contribution in [0.1, 0.15) is 116 Å². The number of hydrogen-bond donors (Lipinski definition) is 1. The highest BCUT2D eigenvalue weighted by atomic mass is 15.1. The predicted octanol–water partition coefficient (Wildman–Crippen LogP) is 12.7. The molecule has 3 fully saturated rings. The van der Waals surface area contributed by atoms with Crippen LogP contribution in [-0.2, 0) is 0 Å². The molecule has 1 aliphatic heterocycles. The predicted molar refractivity (Wildman–Crippen MR) is 227 cm³/mol. The molecule has 1 N–H and O–H groups in total. The van der Waals surface area contributed by atoms with Crippen molar-refractivity contribution in [3.63, 3.8) is 0 Å². The van der Waals surface area contributed by atoms with Gasteiger partial charge in [-0.2, -0.15) is 0 Å². The molecule has 2 nitrogen and oxygen atoms in total. The Morgan fingerprint density at radius 3 is 2.47 bits per heavy atom. The third-order valence-electron chi connectivity index (χ3n) is 17.5. The molecule has 2 heteroatoms. The zero-order valence-corrected chi connectivity index (χ0v) is 33.1. The molecule has 55 heavy (non-hydrogen) atoms. The summed E-state index contributed by atoms with van der Waals surface area (Å²) in [5.74, 6) is 6.27. The normalized spacial score (nSPS) is 42.5. The summed E-state index contributed by atoms with van der Waals surface area (Å²) in [7, 11) is 0. The summed E-state index contributed by atoms with van der Waals surface area (Å²) in [6.45, 7) is 0. The molecule has 12 rings (SSSR count). The maximum absolute atomic E-state index is 5.54. The average Bonchev–Trinajstić information content (AvgIpc) is 3.73. The van der Waals surface area contributed by atoms with Gasteiger partial charge in [0.05, 0.1) is 0 Å². The first kappa shape index (κ1) is 33.7. The second-order valence-corrected chi connectivity index (χ2v) is 19.8. The first-order valence-electron chi connectivity index (χ1n) is 23.3. The topological polar surface area (TPSA) is 24.4 Å². The Kier molecular flexibility index (Phi) is 8.18. The highest BCUT2D eigenvalue weighted by molar-refractivity contribution is 5.98. The summed E-state index contributed by atoms with van der Waals surface area (Å²) < 4.78 is 0. The van der Waals surface area contributed by atoms with Crippen LogP contribution in [0.25, 0.3) is 0 Å². The molecule has 1 spiro atoms. The largest absolute Gasteiger partial charge is 0.366 e. The van der Waals surface area contributed by atoms with Crippen LogP contribution in [-0.4, -0.2) is 11.9 Å². The van der Waals surface area contributed by atoms with Gasteiger partial charge in [-0.15, -0.1) is 0 Å². The summed E-state index contributed by atoms with van der Waals surface area (Å²) in [5.41, 5.74) is 15.5. The maximum Gasteiger partial charge on any atom is 0.125 e. The Morgan fingerprint density at radius 2 is 1.55 bits per heavy atom. The van der Waals surface area contributed by atoms with Gasteiger partial charge in [-0.05, 0) is 147 Å². The number of allylic oxidation sites excluding steroid dienone is 20. The summed E-state index contributed by atoms with van der Waals surface area (Å²) in [6.07, 6.45) is 60.0. The molecule has 11 aliphatic carbocycles.